The number of sulfonamides is 1. The number of hydrogen-bond acceptors (Lipinski definition) is 5. The summed E-state index contributed by atoms with van der Waals surface area (Å²) in [4.78, 5) is 24.5. The van der Waals surface area contributed by atoms with E-state index in [2.05, 4.69) is 11.4 Å². The summed E-state index contributed by atoms with van der Waals surface area (Å²) in [6, 6.07) is 4.49. The van der Waals surface area contributed by atoms with Crippen molar-refractivity contribution in [3.05, 3.63) is 41.0 Å². The van der Waals surface area contributed by atoms with Gasteiger partial charge in [-0.15, -0.1) is 0 Å². The number of esters is 1. The standard InChI is InChI=1S/C23H32N2O5S/c1-18-10-11-20(16-21(18)31(28,29)25-14-6-3-7-15-25)23(27)30-17-22(26)24-13-12-19-8-4-2-5-9-19/h8,10-11,16H,2-7,9,12-15,17H2,1H3,(H,24,26). The van der Waals surface area contributed by atoms with Crippen LogP contribution in [0.2, 0.25) is 0 Å². The molecule has 170 valence electrons. The molecule has 1 aromatic rings. The number of rotatable bonds is 8. The summed E-state index contributed by atoms with van der Waals surface area (Å²) in [6.45, 7) is 2.83. The summed E-state index contributed by atoms with van der Waals surface area (Å²) in [7, 11) is -3.66. The van der Waals surface area contributed by atoms with Gasteiger partial charge in [0.2, 0.25) is 10.0 Å². The molecule has 0 radical (unpaired) electrons. The van der Waals surface area contributed by atoms with Crippen LogP contribution in [-0.2, 0) is 19.6 Å². The summed E-state index contributed by atoms with van der Waals surface area (Å²) in [6.07, 6.45) is 10.4. The van der Waals surface area contributed by atoms with E-state index in [1.165, 1.54) is 34.9 Å². The van der Waals surface area contributed by atoms with Crippen molar-refractivity contribution in [2.24, 2.45) is 0 Å². The van der Waals surface area contributed by atoms with Crippen molar-refractivity contribution < 1.29 is 22.7 Å². The summed E-state index contributed by atoms with van der Waals surface area (Å²) in [5.74, 6) is -1.07. The molecule has 8 heteroatoms. The first-order valence-electron chi connectivity index (χ1n) is 11.1. The Balaban J connectivity index is 1.54. The Morgan fingerprint density at radius 1 is 1.10 bits per heavy atom. The monoisotopic (exact) mass is 448 g/mol. The molecule has 0 aromatic heterocycles. The number of allylic oxidation sites excluding steroid dienone is 1. The lowest BCUT2D eigenvalue weighted by molar-refractivity contribution is -0.124. The van der Waals surface area contributed by atoms with Gasteiger partial charge in [0.05, 0.1) is 10.5 Å². The highest BCUT2D eigenvalue weighted by Gasteiger charge is 2.28. The minimum Gasteiger partial charge on any atom is -0.452 e. The van der Waals surface area contributed by atoms with E-state index in [0.29, 0.717) is 25.2 Å². The maximum Gasteiger partial charge on any atom is 0.338 e. The first-order valence-corrected chi connectivity index (χ1v) is 12.5. The minimum atomic E-state index is -3.66. The fourth-order valence-corrected chi connectivity index (χ4v) is 5.78. The van der Waals surface area contributed by atoms with Gasteiger partial charge < -0.3 is 10.1 Å². The van der Waals surface area contributed by atoms with Crippen molar-refractivity contribution in [3.63, 3.8) is 0 Å². The number of nitrogens with zero attached hydrogens (tertiary/aromatic N) is 1. The number of carbonyl (C=O) groups excluding carboxylic acids is 2. The molecule has 1 heterocycles. The average molecular weight is 449 g/mol. The number of aryl methyl sites for hydroxylation is 1. The SMILES string of the molecule is Cc1ccc(C(=O)OCC(=O)NCCC2=CCCCC2)cc1S(=O)(=O)N1CCCCC1. The molecule has 0 saturated carbocycles. The van der Waals surface area contributed by atoms with E-state index < -0.39 is 16.0 Å². The van der Waals surface area contributed by atoms with Crippen LogP contribution in [0.5, 0.6) is 0 Å². The molecule has 1 aromatic carbocycles. The molecular weight excluding hydrogens is 416 g/mol. The van der Waals surface area contributed by atoms with E-state index in [-0.39, 0.29) is 23.0 Å². The zero-order valence-corrected chi connectivity index (χ0v) is 19.0. The highest BCUT2D eigenvalue weighted by Crippen LogP contribution is 2.24. The molecule has 1 amide bonds. The number of carbonyl (C=O) groups is 2. The molecule has 1 fully saturated rings. The first kappa shape index (κ1) is 23.5. The van der Waals surface area contributed by atoms with E-state index in [1.54, 1.807) is 13.0 Å². The zero-order chi connectivity index (χ0) is 22.3. The van der Waals surface area contributed by atoms with Gasteiger partial charge in [-0.2, -0.15) is 4.31 Å². The predicted molar refractivity (Wildman–Crippen MR) is 118 cm³/mol. The van der Waals surface area contributed by atoms with Gasteiger partial charge in [-0.3, -0.25) is 4.79 Å². The second-order valence-electron chi connectivity index (χ2n) is 8.23. The van der Waals surface area contributed by atoms with E-state index in [1.807, 2.05) is 0 Å². The van der Waals surface area contributed by atoms with Crippen LogP contribution in [0.3, 0.4) is 0 Å². The van der Waals surface area contributed by atoms with Crippen LogP contribution in [0.25, 0.3) is 0 Å². The molecule has 2 aliphatic rings. The van der Waals surface area contributed by atoms with Crippen LogP contribution >= 0.6 is 0 Å². The molecule has 3 rings (SSSR count). The lowest BCUT2D eigenvalue weighted by Gasteiger charge is -2.26. The van der Waals surface area contributed by atoms with Crippen molar-refractivity contribution in [1.82, 2.24) is 9.62 Å². The van der Waals surface area contributed by atoms with Crippen LogP contribution < -0.4 is 5.32 Å². The predicted octanol–water partition coefficient (Wildman–Crippen LogP) is 3.33. The Bertz CT molecular complexity index is 933. The molecule has 7 nitrogen and oxygen atoms in total. The van der Waals surface area contributed by atoms with E-state index >= 15 is 0 Å². The van der Waals surface area contributed by atoms with Crippen LogP contribution in [0.1, 0.15) is 67.3 Å². The Kier molecular flexibility index (Phi) is 8.26. The number of hydrogen-bond donors (Lipinski definition) is 1. The molecule has 1 saturated heterocycles. The van der Waals surface area contributed by atoms with Gasteiger partial charge in [-0.05, 0) is 69.6 Å². The molecule has 1 aliphatic carbocycles. The molecule has 0 unspecified atom stereocenters. The van der Waals surface area contributed by atoms with Gasteiger partial charge in [0.25, 0.3) is 5.91 Å². The van der Waals surface area contributed by atoms with Crippen molar-refractivity contribution >= 4 is 21.9 Å². The molecule has 31 heavy (non-hydrogen) atoms. The van der Waals surface area contributed by atoms with Crippen molar-refractivity contribution in [3.8, 4) is 0 Å². The van der Waals surface area contributed by atoms with E-state index in [0.717, 1.165) is 38.5 Å². The Hall–Kier alpha value is -2.19. The van der Waals surface area contributed by atoms with Crippen molar-refractivity contribution in [2.45, 2.75) is 63.2 Å². The average Bonchev–Trinajstić information content (AvgIpc) is 2.79. The highest BCUT2D eigenvalue weighted by molar-refractivity contribution is 7.89. The third-order valence-corrected chi connectivity index (χ3v) is 7.88. The summed E-state index contributed by atoms with van der Waals surface area (Å²) in [5.41, 5.74) is 2.07. The minimum absolute atomic E-state index is 0.119. The number of nitrogens with one attached hydrogen (secondary N) is 1. The van der Waals surface area contributed by atoms with Crippen LogP contribution in [0.15, 0.2) is 34.7 Å². The maximum absolute atomic E-state index is 13.0. The number of piperidine rings is 1. The Morgan fingerprint density at radius 3 is 2.58 bits per heavy atom. The number of ether oxygens (including phenoxy) is 1. The second kappa shape index (κ2) is 10.9. The lowest BCUT2D eigenvalue weighted by Crippen LogP contribution is -2.36. The van der Waals surface area contributed by atoms with E-state index in [9.17, 15) is 18.0 Å². The quantitative estimate of drug-likeness (QED) is 0.486. The highest BCUT2D eigenvalue weighted by atomic mass is 32.2. The zero-order valence-electron chi connectivity index (χ0n) is 18.2. The van der Waals surface area contributed by atoms with Gasteiger partial charge in [0, 0.05) is 19.6 Å². The second-order valence-corrected chi connectivity index (χ2v) is 10.1. The molecule has 0 spiro atoms. The van der Waals surface area contributed by atoms with Crippen LogP contribution in [-0.4, -0.2) is 50.8 Å². The molecule has 1 N–H and O–H groups in total. The van der Waals surface area contributed by atoms with E-state index in [4.69, 9.17) is 4.74 Å². The Morgan fingerprint density at radius 2 is 1.87 bits per heavy atom. The summed E-state index contributed by atoms with van der Waals surface area (Å²) >= 11 is 0. The van der Waals surface area contributed by atoms with Crippen LogP contribution in [0, 0.1) is 6.92 Å². The molecule has 0 bridgehead atoms. The van der Waals surface area contributed by atoms with Crippen LogP contribution in [0.4, 0.5) is 0 Å². The van der Waals surface area contributed by atoms with Crippen molar-refractivity contribution in [1.29, 1.82) is 0 Å². The van der Waals surface area contributed by atoms with Gasteiger partial charge in [-0.25, -0.2) is 13.2 Å². The lowest BCUT2D eigenvalue weighted by atomic mass is 9.97. The van der Waals surface area contributed by atoms with Gasteiger partial charge in [0.15, 0.2) is 6.61 Å². The fraction of sp³-hybridized carbons (Fsp3) is 0.565. The largest absolute Gasteiger partial charge is 0.452 e. The van der Waals surface area contributed by atoms with Gasteiger partial charge in [0.1, 0.15) is 0 Å². The molecular formula is C23H32N2O5S. The fourth-order valence-electron chi connectivity index (χ4n) is 4.01. The first-order chi connectivity index (χ1) is 14.9. The number of amides is 1. The smallest absolute Gasteiger partial charge is 0.338 e. The summed E-state index contributed by atoms with van der Waals surface area (Å²) < 4.78 is 32.6. The maximum atomic E-state index is 13.0. The third-order valence-electron chi connectivity index (χ3n) is 5.84. The van der Waals surface area contributed by atoms with Gasteiger partial charge in [-0.1, -0.05) is 24.1 Å². The van der Waals surface area contributed by atoms with Gasteiger partial charge >= 0.3 is 5.97 Å². The number of benzene rings is 1. The normalized spacial score (nSPS) is 17.6. The Labute approximate surface area is 184 Å². The molecule has 1 aliphatic heterocycles. The third kappa shape index (κ3) is 6.40. The summed E-state index contributed by atoms with van der Waals surface area (Å²) in [5, 5.41) is 2.76. The molecule has 0 atom stereocenters. The topological polar surface area (TPSA) is 92.8 Å². The van der Waals surface area contributed by atoms with Crippen molar-refractivity contribution in [2.75, 3.05) is 26.2 Å².